The van der Waals surface area contributed by atoms with E-state index in [2.05, 4.69) is 5.32 Å². The van der Waals surface area contributed by atoms with Crippen LogP contribution in [-0.2, 0) is 19.6 Å². The van der Waals surface area contributed by atoms with E-state index in [9.17, 15) is 18.0 Å². The number of piperidine rings is 1. The molecule has 0 bridgehead atoms. The highest BCUT2D eigenvalue weighted by molar-refractivity contribution is 7.89. The molecule has 1 heterocycles. The molecule has 0 radical (unpaired) electrons. The van der Waals surface area contributed by atoms with Crippen molar-refractivity contribution in [3.8, 4) is 11.5 Å². The van der Waals surface area contributed by atoms with Crippen LogP contribution in [0.1, 0.15) is 23.2 Å². The van der Waals surface area contributed by atoms with E-state index >= 15 is 0 Å². The van der Waals surface area contributed by atoms with Gasteiger partial charge < -0.3 is 14.8 Å². The molecule has 1 saturated heterocycles. The molecule has 1 fully saturated rings. The molecule has 4 rings (SSSR count). The van der Waals surface area contributed by atoms with Crippen LogP contribution in [0.3, 0.4) is 0 Å². The van der Waals surface area contributed by atoms with Gasteiger partial charge in [0.1, 0.15) is 5.75 Å². The van der Waals surface area contributed by atoms with E-state index in [-0.39, 0.29) is 35.4 Å². The average molecular weight is 495 g/mol. The Balaban J connectivity index is 1.42. The number of amides is 1. The summed E-state index contributed by atoms with van der Waals surface area (Å²) in [5, 5.41) is 2.92. The fourth-order valence-corrected chi connectivity index (χ4v) is 5.63. The molecule has 1 aliphatic rings. The Morgan fingerprint density at radius 2 is 1.51 bits per heavy atom. The molecule has 0 unspecified atom stereocenters. The number of hydrogen-bond acceptors (Lipinski definition) is 6. The lowest BCUT2D eigenvalue weighted by Crippen LogP contribution is -2.41. The lowest BCUT2D eigenvalue weighted by molar-refractivity contribution is -0.120. The molecular weight excluding hydrogens is 468 g/mol. The van der Waals surface area contributed by atoms with Gasteiger partial charge in [-0.2, -0.15) is 4.31 Å². The van der Waals surface area contributed by atoms with Crippen molar-refractivity contribution in [2.45, 2.75) is 17.7 Å². The van der Waals surface area contributed by atoms with Crippen LogP contribution >= 0.6 is 0 Å². The smallest absolute Gasteiger partial charge is 0.339 e. The third kappa shape index (κ3) is 5.52. The van der Waals surface area contributed by atoms with Gasteiger partial charge in [0, 0.05) is 19.0 Å². The molecule has 8 nitrogen and oxygen atoms in total. The Morgan fingerprint density at radius 3 is 2.23 bits per heavy atom. The van der Waals surface area contributed by atoms with E-state index in [1.165, 1.54) is 23.5 Å². The summed E-state index contributed by atoms with van der Waals surface area (Å²) in [5.41, 5.74) is 0.535. The molecule has 3 aromatic rings. The molecule has 0 aliphatic carbocycles. The number of nitrogens with zero attached hydrogens (tertiary/aromatic N) is 1. The number of esters is 1. The number of nitrogens with one attached hydrogen (secondary N) is 1. The number of para-hydroxylation sites is 3. The molecule has 1 amide bonds. The third-order valence-corrected chi connectivity index (χ3v) is 7.81. The van der Waals surface area contributed by atoms with E-state index in [1.807, 2.05) is 36.4 Å². The first-order valence-corrected chi connectivity index (χ1v) is 12.6. The van der Waals surface area contributed by atoms with Gasteiger partial charge in [0.2, 0.25) is 15.9 Å². The van der Waals surface area contributed by atoms with Gasteiger partial charge in [0.25, 0.3) is 0 Å². The first-order valence-electron chi connectivity index (χ1n) is 11.2. The lowest BCUT2D eigenvalue weighted by Gasteiger charge is -2.31. The summed E-state index contributed by atoms with van der Waals surface area (Å²) in [7, 11) is -2.71. The molecule has 9 heteroatoms. The molecule has 182 valence electrons. The maximum atomic E-state index is 13.2. The Bertz CT molecular complexity index is 1300. The van der Waals surface area contributed by atoms with E-state index in [1.54, 1.807) is 30.3 Å². The van der Waals surface area contributed by atoms with E-state index in [0.29, 0.717) is 30.0 Å². The number of sulfonamides is 1. The summed E-state index contributed by atoms with van der Waals surface area (Å²) in [6.45, 7) is 0.330. The maximum absolute atomic E-state index is 13.2. The highest BCUT2D eigenvalue weighted by atomic mass is 32.2. The minimum Gasteiger partial charge on any atom is -0.465 e. The van der Waals surface area contributed by atoms with Crippen LogP contribution in [0.25, 0.3) is 0 Å². The van der Waals surface area contributed by atoms with Crippen molar-refractivity contribution in [1.82, 2.24) is 4.31 Å². The number of benzene rings is 3. The van der Waals surface area contributed by atoms with Gasteiger partial charge in [-0.25, -0.2) is 13.2 Å². The maximum Gasteiger partial charge on any atom is 0.339 e. The second kappa shape index (κ2) is 10.7. The molecule has 3 aromatic carbocycles. The first-order chi connectivity index (χ1) is 16.9. The number of carbonyl (C=O) groups is 2. The summed E-state index contributed by atoms with van der Waals surface area (Å²) in [5.74, 6) is -0.0931. The van der Waals surface area contributed by atoms with Crippen molar-refractivity contribution in [3.05, 3.63) is 84.4 Å². The third-order valence-electron chi connectivity index (χ3n) is 5.85. The zero-order chi connectivity index (χ0) is 24.8. The van der Waals surface area contributed by atoms with Crippen LogP contribution in [0.15, 0.2) is 83.8 Å². The second-order valence-electron chi connectivity index (χ2n) is 8.07. The van der Waals surface area contributed by atoms with Gasteiger partial charge in [-0.15, -0.1) is 0 Å². The standard InChI is InChI=1S/C26H26N2O6S/c1-33-26(30)21-11-5-8-14-24(21)35(31,32)28-17-15-19(16-18-28)25(29)27-22-12-6-7-13-23(22)34-20-9-3-2-4-10-20/h2-14,19H,15-18H2,1H3,(H,27,29). The largest absolute Gasteiger partial charge is 0.465 e. The van der Waals surface area contributed by atoms with Crippen molar-refractivity contribution < 1.29 is 27.5 Å². The Morgan fingerprint density at radius 1 is 0.886 bits per heavy atom. The number of anilines is 1. The van der Waals surface area contributed by atoms with E-state index < -0.39 is 16.0 Å². The van der Waals surface area contributed by atoms with Crippen molar-refractivity contribution in [3.63, 3.8) is 0 Å². The zero-order valence-corrected chi connectivity index (χ0v) is 20.0. The Hall–Kier alpha value is -3.69. The normalized spacial score (nSPS) is 14.8. The SMILES string of the molecule is COC(=O)c1ccccc1S(=O)(=O)N1CCC(C(=O)Nc2ccccc2Oc2ccccc2)CC1. The van der Waals surface area contributed by atoms with Crippen LogP contribution in [0.5, 0.6) is 11.5 Å². The summed E-state index contributed by atoms with van der Waals surface area (Å²) in [6, 6.07) is 22.4. The highest BCUT2D eigenvalue weighted by Gasteiger charge is 2.34. The van der Waals surface area contributed by atoms with Gasteiger partial charge in [-0.05, 0) is 49.2 Å². The van der Waals surface area contributed by atoms with Crippen LogP contribution in [0.2, 0.25) is 0 Å². The van der Waals surface area contributed by atoms with Gasteiger partial charge in [-0.1, -0.05) is 42.5 Å². The minimum atomic E-state index is -3.92. The van der Waals surface area contributed by atoms with Crippen LogP contribution in [0.4, 0.5) is 5.69 Å². The molecule has 0 saturated carbocycles. The number of rotatable bonds is 7. The van der Waals surface area contributed by atoms with Crippen molar-refractivity contribution in [2.24, 2.45) is 5.92 Å². The van der Waals surface area contributed by atoms with Crippen molar-refractivity contribution in [2.75, 3.05) is 25.5 Å². The Labute approximate surface area is 204 Å². The second-order valence-corrected chi connectivity index (χ2v) is 9.97. The van der Waals surface area contributed by atoms with Crippen LogP contribution < -0.4 is 10.1 Å². The fraction of sp³-hybridized carbons (Fsp3) is 0.231. The Kier molecular flexibility index (Phi) is 7.48. The number of carbonyl (C=O) groups excluding carboxylic acids is 2. The minimum absolute atomic E-state index is 0.00936. The van der Waals surface area contributed by atoms with E-state index in [0.717, 1.165) is 0 Å². The summed E-state index contributed by atoms with van der Waals surface area (Å²) in [4.78, 5) is 24.9. The molecule has 1 aliphatic heterocycles. The van der Waals surface area contributed by atoms with E-state index in [4.69, 9.17) is 9.47 Å². The molecular formula is C26H26N2O6S. The van der Waals surface area contributed by atoms with Gasteiger partial charge in [0.15, 0.2) is 5.75 Å². The zero-order valence-electron chi connectivity index (χ0n) is 19.2. The predicted molar refractivity (Wildman–Crippen MR) is 131 cm³/mol. The molecule has 0 aromatic heterocycles. The van der Waals surface area contributed by atoms with Gasteiger partial charge in [-0.3, -0.25) is 4.79 Å². The number of hydrogen-bond donors (Lipinski definition) is 1. The molecule has 0 atom stereocenters. The van der Waals surface area contributed by atoms with Crippen molar-refractivity contribution in [1.29, 1.82) is 0 Å². The van der Waals surface area contributed by atoms with Crippen LogP contribution in [0, 0.1) is 5.92 Å². The van der Waals surface area contributed by atoms with Gasteiger partial charge in [0.05, 0.1) is 23.3 Å². The number of ether oxygens (including phenoxy) is 2. The van der Waals surface area contributed by atoms with Crippen LogP contribution in [-0.4, -0.2) is 44.8 Å². The number of methoxy groups -OCH3 is 1. The lowest BCUT2D eigenvalue weighted by atomic mass is 9.97. The monoisotopic (exact) mass is 494 g/mol. The molecule has 0 spiro atoms. The quantitative estimate of drug-likeness (QED) is 0.491. The summed E-state index contributed by atoms with van der Waals surface area (Å²) < 4.78 is 38.4. The first kappa shape index (κ1) is 24.4. The summed E-state index contributed by atoms with van der Waals surface area (Å²) >= 11 is 0. The average Bonchev–Trinajstić information content (AvgIpc) is 2.90. The predicted octanol–water partition coefficient (Wildman–Crippen LogP) is 4.30. The fourth-order valence-electron chi connectivity index (χ4n) is 3.98. The topological polar surface area (TPSA) is 102 Å². The molecule has 1 N–H and O–H groups in total. The summed E-state index contributed by atoms with van der Waals surface area (Å²) in [6.07, 6.45) is 0.709. The van der Waals surface area contributed by atoms with Gasteiger partial charge >= 0.3 is 5.97 Å². The highest BCUT2D eigenvalue weighted by Crippen LogP contribution is 2.31. The molecule has 35 heavy (non-hydrogen) atoms. The van der Waals surface area contributed by atoms with Crippen molar-refractivity contribution >= 4 is 27.6 Å².